The van der Waals surface area contributed by atoms with Gasteiger partial charge >= 0.3 is 0 Å². The number of hydrazone groups is 1. The van der Waals surface area contributed by atoms with Crippen molar-refractivity contribution >= 4 is 28.6 Å². The highest BCUT2D eigenvalue weighted by Gasteiger charge is 2.21. The van der Waals surface area contributed by atoms with Gasteiger partial charge in [0.2, 0.25) is 0 Å². The molecule has 96 valence electrons. The SMILES string of the molecule is CSc1ccc([C@H]2NN=C(c3ccccc3)S2)cc1. The molecule has 1 heterocycles. The third kappa shape index (κ3) is 2.80. The second kappa shape index (κ2) is 5.72. The van der Waals surface area contributed by atoms with Gasteiger partial charge in [-0.2, -0.15) is 5.10 Å². The van der Waals surface area contributed by atoms with Crippen LogP contribution in [0.15, 0.2) is 64.6 Å². The van der Waals surface area contributed by atoms with E-state index in [1.807, 2.05) is 18.2 Å². The molecule has 0 saturated heterocycles. The maximum Gasteiger partial charge on any atom is 0.126 e. The molecule has 0 aliphatic carbocycles. The fourth-order valence-electron chi connectivity index (χ4n) is 1.92. The van der Waals surface area contributed by atoms with Gasteiger partial charge in [0.1, 0.15) is 10.4 Å². The molecule has 19 heavy (non-hydrogen) atoms. The number of nitrogens with zero attached hydrogens (tertiary/aromatic N) is 1. The summed E-state index contributed by atoms with van der Waals surface area (Å²) in [5, 5.41) is 5.70. The van der Waals surface area contributed by atoms with Crippen molar-refractivity contribution in [1.82, 2.24) is 5.43 Å². The molecule has 0 amide bonds. The van der Waals surface area contributed by atoms with Crippen molar-refractivity contribution < 1.29 is 0 Å². The third-order valence-electron chi connectivity index (χ3n) is 2.95. The minimum absolute atomic E-state index is 0.214. The van der Waals surface area contributed by atoms with Gasteiger partial charge in [-0.1, -0.05) is 54.2 Å². The largest absolute Gasteiger partial charge is 0.291 e. The first-order chi connectivity index (χ1) is 9.36. The Hall–Kier alpha value is -1.39. The predicted octanol–water partition coefficient (Wildman–Crippen LogP) is 4.11. The van der Waals surface area contributed by atoms with Crippen molar-refractivity contribution in [2.75, 3.05) is 6.26 Å². The molecule has 1 aliphatic rings. The Labute approximate surface area is 121 Å². The van der Waals surface area contributed by atoms with Crippen LogP contribution in [-0.2, 0) is 0 Å². The topological polar surface area (TPSA) is 24.4 Å². The van der Waals surface area contributed by atoms with Crippen LogP contribution in [0.2, 0.25) is 0 Å². The van der Waals surface area contributed by atoms with E-state index in [1.165, 1.54) is 16.0 Å². The summed E-state index contributed by atoms with van der Waals surface area (Å²) in [4.78, 5) is 1.29. The smallest absolute Gasteiger partial charge is 0.126 e. The van der Waals surface area contributed by atoms with Gasteiger partial charge in [-0.15, -0.1) is 11.8 Å². The van der Waals surface area contributed by atoms with Crippen molar-refractivity contribution in [3.05, 3.63) is 65.7 Å². The van der Waals surface area contributed by atoms with Crippen molar-refractivity contribution in [1.29, 1.82) is 0 Å². The zero-order chi connectivity index (χ0) is 13.1. The van der Waals surface area contributed by atoms with Crippen LogP contribution in [0.25, 0.3) is 0 Å². The molecule has 1 aliphatic heterocycles. The molecular weight excluding hydrogens is 272 g/mol. The van der Waals surface area contributed by atoms with Crippen LogP contribution in [0, 0.1) is 0 Å². The molecule has 1 N–H and O–H groups in total. The maximum atomic E-state index is 4.43. The predicted molar refractivity (Wildman–Crippen MR) is 84.7 cm³/mol. The Balaban J connectivity index is 1.73. The first-order valence-electron chi connectivity index (χ1n) is 6.06. The monoisotopic (exact) mass is 286 g/mol. The Morgan fingerprint density at radius 1 is 1.05 bits per heavy atom. The van der Waals surface area contributed by atoms with Gasteiger partial charge in [-0.05, 0) is 24.0 Å². The summed E-state index contributed by atoms with van der Waals surface area (Å²) >= 11 is 3.52. The second-order valence-electron chi connectivity index (χ2n) is 4.18. The van der Waals surface area contributed by atoms with Gasteiger partial charge in [0.25, 0.3) is 0 Å². The first-order valence-corrected chi connectivity index (χ1v) is 8.16. The molecule has 4 heteroatoms. The summed E-state index contributed by atoms with van der Waals surface area (Å²) < 4.78 is 0. The lowest BCUT2D eigenvalue weighted by atomic mass is 10.2. The molecule has 0 saturated carbocycles. The first kappa shape index (κ1) is 12.6. The number of nitrogens with one attached hydrogen (secondary N) is 1. The molecule has 0 unspecified atom stereocenters. The van der Waals surface area contributed by atoms with Crippen LogP contribution in [-0.4, -0.2) is 11.3 Å². The minimum Gasteiger partial charge on any atom is -0.291 e. The highest BCUT2D eigenvalue weighted by molar-refractivity contribution is 8.14. The minimum atomic E-state index is 0.214. The standard InChI is InChI=1S/C15H14N2S2/c1-18-13-9-7-12(8-10-13)15-17-16-14(19-15)11-5-3-2-4-6-11/h2-10,15,17H,1H3/t15-/m0/s1. The summed E-state index contributed by atoms with van der Waals surface area (Å²) in [6.07, 6.45) is 2.09. The molecule has 2 aromatic rings. The number of thioether (sulfide) groups is 2. The van der Waals surface area contributed by atoms with Gasteiger partial charge in [-0.25, -0.2) is 0 Å². The van der Waals surface area contributed by atoms with Crippen LogP contribution in [0.3, 0.4) is 0 Å². The molecule has 3 rings (SSSR count). The number of hydrogen-bond acceptors (Lipinski definition) is 4. The van der Waals surface area contributed by atoms with Gasteiger partial charge in [0, 0.05) is 10.5 Å². The van der Waals surface area contributed by atoms with Crippen LogP contribution in [0.4, 0.5) is 0 Å². The average molecular weight is 286 g/mol. The Kier molecular flexibility index (Phi) is 3.80. The van der Waals surface area contributed by atoms with E-state index in [9.17, 15) is 0 Å². The van der Waals surface area contributed by atoms with Crippen LogP contribution < -0.4 is 5.43 Å². The average Bonchev–Trinajstić information content (AvgIpc) is 2.98. The molecule has 1 atom stereocenters. The van der Waals surface area contributed by atoms with Gasteiger partial charge in [-0.3, -0.25) is 5.43 Å². The Morgan fingerprint density at radius 2 is 1.79 bits per heavy atom. The molecule has 0 fully saturated rings. The summed E-state index contributed by atoms with van der Waals surface area (Å²) in [6, 6.07) is 18.9. The van der Waals surface area contributed by atoms with E-state index in [-0.39, 0.29) is 5.37 Å². The number of benzene rings is 2. The number of hydrogen-bond donors (Lipinski definition) is 1. The van der Waals surface area contributed by atoms with Crippen LogP contribution in [0.5, 0.6) is 0 Å². The molecule has 0 spiro atoms. The van der Waals surface area contributed by atoms with E-state index in [2.05, 4.69) is 53.2 Å². The highest BCUT2D eigenvalue weighted by Crippen LogP contribution is 2.34. The molecule has 0 bridgehead atoms. The summed E-state index contributed by atoms with van der Waals surface area (Å²) in [5.41, 5.74) is 5.63. The fourth-order valence-corrected chi connectivity index (χ4v) is 3.32. The fraction of sp³-hybridized carbons (Fsp3) is 0.133. The quantitative estimate of drug-likeness (QED) is 0.860. The van der Waals surface area contributed by atoms with E-state index < -0.39 is 0 Å². The van der Waals surface area contributed by atoms with E-state index in [0.717, 1.165) is 5.04 Å². The van der Waals surface area contributed by atoms with Gasteiger partial charge in [0.05, 0.1) is 0 Å². The zero-order valence-corrected chi connectivity index (χ0v) is 12.2. The lowest BCUT2D eigenvalue weighted by molar-refractivity contribution is 0.743. The van der Waals surface area contributed by atoms with Crippen LogP contribution in [0.1, 0.15) is 16.5 Å². The van der Waals surface area contributed by atoms with E-state index in [0.29, 0.717) is 0 Å². The molecule has 2 aromatic carbocycles. The molecule has 2 nitrogen and oxygen atoms in total. The maximum absolute atomic E-state index is 4.43. The summed E-state index contributed by atoms with van der Waals surface area (Å²) in [5.74, 6) is 0. The molecule has 0 radical (unpaired) electrons. The second-order valence-corrected chi connectivity index (χ2v) is 6.16. The highest BCUT2D eigenvalue weighted by atomic mass is 32.2. The Morgan fingerprint density at radius 3 is 2.47 bits per heavy atom. The molecule has 0 aromatic heterocycles. The number of rotatable bonds is 3. The summed E-state index contributed by atoms with van der Waals surface area (Å²) in [6.45, 7) is 0. The van der Waals surface area contributed by atoms with Crippen molar-refractivity contribution in [3.63, 3.8) is 0 Å². The van der Waals surface area contributed by atoms with E-state index >= 15 is 0 Å². The lowest BCUT2D eigenvalue weighted by Gasteiger charge is -2.09. The van der Waals surface area contributed by atoms with E-state index in [1.54, 1.807) is 23.5 Å². The van der Waals surface area contributed by atoms with Crippen molar-refractivity contribution in [3.8, 4) is 0 Å². The summed E-state index contributed by atoms with van der Waals surface area (Å²) in [7, 11) is 0. The van der Waals surface area contributed by atoms with E-state index in [4.69, 9.17) is 0 Å². The Bertz CT molecular complexity index is 579. The molecular formula is C15H14N2S2. The zero-order valence-electron chi connectivity index (χ0n) is 10.5. The lowest BCUT2D eigenvalue weighted by Crippen LogP contribution is -2.06. The van der Waals surface area contributed by atoms with Gasteiger partial charge < -0.3 is 0 Å². The van der Waals surface area contributed by atoms with Crippen molar-refractivity contribution in [2.24, 2.45) is 5.10 Å². The third-order valence-corrected chi connectivity index (χ3v) is 4.86. The normalized spacial score (nSPS) is 17.9. The van der Waals surface area contributed by atoms with Crippen molar-refractivity contribution in [2.45, 2.75) is 10.3 Å². The van der Waals surface area contributed by atoms with Crippen LogP contribution >= 0.6 is 23.5 Å². The van der Waals surface area contributed by atoms with Gasteiger partial charge in [0.15, 0.2) is 0 Å².